The summed E-state index contributed by atoms with van der Waals surface area (Å²) in [5.41, 5.74) is 0.911. The molecule has 1 aromatic rings. The summed E-state index contributed by atoms with van der Waals surface area (Å²) in [5.74, 6) is -1.23. The van der Waals surface area contributed by atoms with Crippen LogP contribution in [-0.4, -0.2) is 10.8 Å². The zero-order valence-electron chi connectivity index (χ0n) is 11.0. The molecule has 0 aliphatic carbocycles. The van der Waals surface area contributed by atoms with Gasteiger partial charge in [0.05, 0.1) is 11.0 Å². The van der Waals surface area contributed by atoms with Gasteiger partial charge >= 0.3 is 0 Å². The van der Waals surface area contributed by atoms with Gasteiger partial charge in [-0.3, -0.25) is 14.9 Å². The van der Waals surface area contributed by atoms with Crippen LogP contribution in [0.5, 0.6) is 0 Å². The van der Waals surface area contributed by atoms with Crippen molar-refractivity contribution in [3.05, 3.63) is 33.9 Å². The molecule has 1 rings (SSSR count). The van der Waals surface area contributed by atoms with E-state index in [0.29, 0.717) is 11.3 Å². The first-order chi connectivity index (χ1) is 8.86. The number of nitrogens with zero attached hydrogens (tertiary/aromatic N) is 2. The van der Waals surface area contributed by atoms with Crippen molar-refractivity contribution >= 4 is 17.3 Å². The van der Waals surface area contributed by atoms with Gasteiger partial charge in [-0.25, -0.2) is 0 Å². The molecule has 0 aliphatic rings. The number of carbonyl (C=O) groups excluding carboxylic acids is 1. The number of nitro groups is 1. The monoisotopic (exact) mass is 261 g/mol. The second kappa shape index (κ2) is 5.96. The number of nitro benzene ring substituents is 1. The van der Waals surface area contributed by atoms with Crippen LogP contribution in [0, 0.1) is 40.2 Å². The highest BCUT2D eigenvalue weighted by molar-refractivity contribution is 5.94. The van der Waals surface area contributed by atoms with Crippen molar-refractivity contribution in [2.24, 2.45) is 11.8 Å². The van der Waals surface area contributed by atoms with Crippen molar-refractivity contribution < 1.29 is 9.72 Å². The Hall–Kier alpha value is -2.42. The molecule has 6 nitrogen and oxygen atoms in total. The predicted molar refractivity (Wildman–Crippen MR) is 70.4 cm³/mol. The van der Waals surface area contributed by atoms with E-state index in [4.69, 9.17) is 5.26 Å². The fourth-order valence-corrected chi connectivity index (χ4v) is 1.67. The van der Waals surface area contributed by atoms with Crippen LogP contribution in [0.4, 0.5) is 11.4 Å². The Morgan fingerprint density at radius 3 is 2.53 bits per heavy atom. The van der Waals surface area contributed by atoms with Gasteiger partial charge in [0, 0.05) is 17.3 Å². The van der Waals surface area contributed by atoms with Gasteiger partial charge in [0.2, 0.25) is 5.91 Å². The minimum Gasteiger partial charge on any atom is -0.325 e. The molecule has 1 unspecified atom stereocenters. The standard InChI is InChI=1S/C13H15N3O3/c1-8(2)11(7-14)13(17)15-10-4-5-12(16(18)19)9(3)6-10/h4-6,8,11H,1-3H3,(H,15,17). The Morgan fingerprint density at radius 2 is 2.11 bits per heavy atom. The average molecular weight is 261 g/mol. The lowest BCUT2D eigenvalue weighted by molar-refractivity contribution is -0.385. The van der Waals surface area contributed by atoms with Crippen molar-refractivity contribution in [1.82, 2.24) is 0 Å². The Kier molecular flexibility index (Phi) is 4.59. The largest absolute Gasteiger partial charge is 0.325 e. The van der Waals surface area contributed by atoms with Crippen LogP contribution in [0.2, 0.25) is 0 Å². The Morgan fingerprint density at radius 1 is 1.47 bits per heavy atom. The van der Waals surface area contributed by atoms with E-state index in [2.05, 4.69) is 5.32 Å². The molecule has 0 fully saturated rings. The van der Waals surface area contributed by atoms with Gasteiger partial charge in [-0.1, -0.05) is 13.8 Å². The summed E-state index contributed by atoms with van der Waals surface area (Å²) < 4.78 is 0. The summed E-state index contributed by atoms with van der Waals surface area (Å²) in [5, 5.41) is 22.2. The van der Waals surface area contributed by atoms with E-state index in [1.54, 1.807) is 20.8 Å². The first-order valence-corrected chi connectivity index (χ1v) is 5.82. The number of nitrogens with one attached hydrogen (secondary N) is 1. The summed E-state index contributed by atoms with van der Waals surface area (Å²) in [6, 6.07) is 6.26. The zero-order valence-corrected chi connectivity index (χ0v) is 11.0. The van der Waals surface area contributed by atoms with Gasteiger partial charge in [0.15, 0.2) is 0 Å². The molecule has 0 saturated heterocycles. The maximum atomic E-state index is 11.8. The first-order valence-electron chi connectivity index (χ1n) is 5.82. The summed E-state index contributed by atoms with van der Waals surface area (Å²) in [4.78, 5) is 22.0. The van der Waals surface area contributed by atoms with E-state index in [0.717, 1.165) is 0 Å². The molecule has 1 aromatic carbocycles. The lowest BCUT2D eigenvalue weighted by Crippen LogP contribution is -2.25. The molecular formula is C13H15N3O3. The predicted octanol–water partition coefficient (Wildman–Crippen LogP) is 2.64. The average Bonchev–Trinajstić information content (AvgIpc) is 2.28. The molecule has 0 aliphatic heterocycles. The van der Waals surface area contributed by atoms with Gasteiger partial charge in [0.25, 0.3) is 5.69 Å². The minimum absolute atomic E-state index is 0.00121. The van der Waals surface area contributed by atoms with Gasteiger partial charge in [-0.15, -0.1) is 0 Å². The minimum atomic E-state index is -0.740. The van der Waals surface area contributed by atoms with E-state index in [1.165, 1.54) is 18.2 Å². The third-order valence-electron chi connectivity index (χ3n) is 2.75. The van der Waals surface area contributed by atoms with E-state index < -0.39 is 16.7 Å². The molecule has 0 radical (unpaired) electrons. The highest BCUT2D eigenvalue weighted by Crippen LogP contribution is 2.22. The number of anilines is 1. The second-order valence-corrected chi connectivity index (χ2v) is 4.60. The Labute approximate surface area is 111 Å². The lowest BCUT2D eigenvalue weighted by atomic mass is 9.96. The molecule has 6 heteroatoms. The summed E-state index contributed by atoms with van der Waals surface area (Å²) >= 11 is 0. The third-order valence-corrected chi connectivity index (χ3v) is 2.75. The van der Waals surface area contributed by atoms with E-state index in [1.807, 2.05) is 6.07 Å². The van der Waals surface area contributed by atoms with Gasteiger partial charge in [-0.05, 0) is 25.0 Å². The highest BCUT2D eigenvalue weighted by atomic mass is 16.6. The number of amides is 1. The molecule has 19 heavy (non-hydrogen) atoms. The summed E-state index contributed by atoms with van der Waals surface area (Å²) in [7, 11) is 0. The fraction of sp³-hybridized carbons (Fsp3) is 0.385. The lowest BCUT2D eigenvalue weighted by Gasteiger charge is -2.13. The molecular weight excluding hydrogens is 246 g/mol. The highest BCUT2D eigenvalue weighted by Gasteiger charge is 2.22. The maximum Gasteiger partial charge on any atom is 0.272 e. The molecule has 1 N–H and O–H groups in total. The van der Waals surface area contributed by atoms with Gasteiger partial charge in [-0.2, -0.15) is 5.26 Å². The number of nitriles is 1. The molecule has 0 bridgehead atoms. The number of carbonyl (C=O) groups is 1. The van der Waals surface area contributed by atoms with Crippen molar-refractivity contribution in [3.63, 3.8) is 0 Å². The van der Waals surface area contributed by atoms with Crippen LogP contribution in [0.25, 0.3) is 0 Å². The van der Waals surface area contributed by atoms with E-state index in [9.17, 15) is 14.9 Å². The molecule has 100 valence electrons. The normalized spacial score (nSPS) is 11.7. The Bertz CT molecular complexity index is 547. The first kappa shape index (κ1) is 14.6. The molecule has 0 saturated carbocycles. The molecule has 0 heterocycles. The van der Waals surface area contributed by atoms with Crippen molar-refractivity contribution in [2.45, 2.75) is 20.8 Å². The smallest absolute Gasteiger partial charge is 0.272 e. The quantitative estimate of drug-likeness (QED) is 0.665. The van der Waals surface area contributed by atoms with Crippen molar-refractivity contribution in [1.29, 1.82) is 5.26 Å². The van der Waals surface area contributed by atoms with Crippen LogP contribution < -0.4 is 5.32 Å². The fourth-order valence-electron chi connectivity index (χ4n) is 1.67. The van der Waals surface area contributed by atoms with E-state index in [-0.39, 0.29) is 11.6 Å². The number of aryl methyl sites for hydroxylation is 1. The van der Waals surface area contributed by atoms with Crippen LogP contribution >= 0.6 is 0 Å². The van der Waals surface area contributed by atoms with Crippen molar-refractivity contribution in [2.75, 3.05) is 5.32 Å². The Balaban J connectivity index is 2.90. The summed E-state index contributed by atoms with van der Waals surface area (Å²) in [6.45, 7) is 5.17. The van der Waals surface area contributed by atoms with Gasteiger partial charge in [0.1, 0.15) is 5.92 Å². The van der Waals surface area contributed by atoms with E-state index >= 15 is 0 Å². The molecule has 1 atom stereocenters. The van der Waals surface area contributed by atoms with Crippen molar-refractivity contribution in [3.8, 4) is 6.07 Å². The number of hydrogen-bond acceptors (Lipinski definition) is 4. The van der Waals surface area contributed by atoms with Crippen LogP contribution in [0.3, 0.4) is 0 Å². The maximum absolute atomic E-state index is 11.8. The molecule has 1 amide bonds. The zero-order chi connectivity index (χ0) is 14.6. The second-order valence-electron chi connectivity index (χ2n) is 4.60. The van der Waals surface area contributed by atoms with Crippen LogP contribution in [0.1, 0.15) is 19.4 Å². The molecule has 0 aromatic heterocycles. The number of benzene rings is 1. The van der Waals surface area contributed by atoms with Crippen LogP contribution in [-0.2, 0) is 4.79 Å². The summed E-state index contributed by atoms with van der Waals surface area (Å²) in [6.07, 6.45) is 0. The number of hydrogen-bond donors (Lipinski definition) is 1. The third kappa shape index (κ3) is 3.52. The SMILES string of the molecule is Cc1cc(NC(=O)C(C#N)C(C)C)ccc1[N+](=O)[O-]. The van der Waals surface area contributed by atoms with Gasteiger partial charge < -0.3 is 5.32 Å². The van der Waals surface area contributed by atoms with Crippen LogP contribution in [0.15, 0.2) is 18.2 Å². The molecule has 0 spiro atoms. The topological polar surface area (TPSA) is 96.0 Å². The number of rotatable bonds is 4.